The summed E-state index contributed by atoms with van der Waals surface area (Å²) in [5.41, 5.74) is 3.04. The SMILES string of the molecule is Cc1cc(C)c(C(=O)N2CCN(c3cccc(Cl)c3)C(=O)C2)cn1. The van der Waals surface area contributed by atoms with Crippen molar-refractivity contribution < 1.29 is 9.59 Å². The zero-order valence-electron chi connectivity index (χ0n) is 13.6. The van der Waals surface area contributed by atoms with Crippen molar-refractivity contribution in [1.29, 1.82) is 0 Å². The Kier molecular flexibility index (Phi) is 4.53. The lowest BCUT2D eigenvalue weighted by molar-refractivity contribution is -0.120. The fraction of sp³-hybridized carbons (Fsp3) is 0.278. The Labute approximate surface area is 145 Å². The maximum atomic E-state index is 12.7. The summed E-state index contributed by atoms with van der Waals surface area (Å²) in [5, 5.41) is 0.583. The van der Waals surface area contributed by atoms with E-state index in [-0.39, 0.29) is 18.4 Å². The van der Waals surface area contributed by atoms with Crippen LogP contribution in [0.15, 0.2) is 36.5 Å². The summed E-state index contributed by atoms with van der Waals surface area (Å²) in [6.07, 6.45) is 1.58. The van der Waals surface area contributed by atoms with Crippen LogP contribution in [0.25, 0.3) is 0 Å². The Morgan fingerprint density at radius 3 is 2.67 bits per heavy atom. The molecule has 1 aliphatic rings. The highest BCUT2D eigenvalue weighted by atomic mass is 35.5. The number of carbonyl (C=O) groups excluding carboxylic acids is 2. The van der Waals surface area contributed by atoms with Gasteiger partial charge in [0, 0.05) is 35.7 Å². The molecule has 0 N–H and O–H groups in total. The largest absolute Gasteiger partial charge is 0.327 e. The fourth-order valence-electron chi connectivity index (χ4n) is 2.85. The predicted octanol–water partition coefficient (Wildman–Crippen LogP) is 2.84. The van der Waals surface area contributed by atoms with Gasteiger partial charge in [-0.15, -0.1) is 0 Å². The monoisotopic (exact) mass is 343 g/mol. The summed E-state index contributed by atoms with van der Waals surface area (Å²) < 4.78 is 0. The number of piperazine rings is 1. The Hall–Kier alpha value is -2.40. The van der Waals surface area contributed by atoms with Gasteiger partial charge < -0.3 is 9.80 Å². The van der Waals surface area contributed by atoms with Crippen LogP contribution in [-0.2, 0) is 4.79 Å². The standard InChI is InChI=1S/C18H18ClN3O2/c1-12-8-13(2)20-10-16(12)18(24)21-6-7-22(17(23)11-21)15-5-3-4-14(19)9-15/h3-5,8-10H,6-7,11H2,1-2H3. The zero-order valence-corrected chi connectivity index (χ0v) is 14.4. The summed E-state index contributed by atoms with van der Waals surface area (Å²) in [6, 6.07) is 9.05. The third-order valence-corrected chi connectivity index (χ3v) is 4.34. The van der Waals surface area contributed by atoms with E-state index >= 15 is 0 Å². The van der Waals surface area contributed by atoms with Gasteiger partial charge in [-0.25, -0.2) is 0 Å². The van der Waals surface area contributed by atoms with E-state index in [9.17, 15) is 9.59 Å². The van der Waals surface area contributed by atoms with Crippen LogP contribution < -0.4 is 4.90 Å². The lowest BCUT2D eigenvalue weighted by Crippen LogP contribution is -2.52. The molecule has 0 unspecified atom stereocenters. The molecule has 124 valence electrons. The van der Waals surface area contributed by atoms with E-state index in [1.807, 2.05) is 32.0 Å². The first-order chi connectivity index (χ1) is 11.5. The minimum atomic E-state index is -0.154. The lowest BCUT2D eigenvalue weighted by atomic mass is 10.1. The van der Waals surface area contributed by atoms with Crippen molar-refractivity contribution in [3.05, 3.63) is 58.4 Å². The number of rotatable bonds is 2. The van der Waals surface area contributed by atoms with Crippen molar-refractivity contribution in [2.75, 3.05) is 24.5 Å². The second kappa shape index (κ2) is 6.61. The Morgan fingerprint density at radius 1 is 1.21 bits per heavy atom. The van der Waals surface area contributed by atoms with Crippen LogP contribution >= 0.6 is 11.6 Å². The van der Waals surface area contributed by atoms with Crippen molar-refractivity contribution in [2.45, 2.75) is 13.8 Å². The first-order valence-corrected chi connectivity index (χ1v) is 8.12. The molecule has 2 amide bonds. The Morgan fingerprint density at radius 2 is 2.00 bits per heavy atom. The highest BCUT2D eigenvalue weighted by molar-refractivity contribution is 6.30. The average molecular weight is 344 g/mol. The Bertz CT molecular complexity index is 807. The van der Waals surface area contributed by atoms with Gasteiger partial charge in [0.2, 0.25) is 5.91 Å². The molecule has 5 nitrogen and oxygen atoms in total. The van der Waals surface area contributed by atoms with Gasteiger partial charge in [-0.2, -0.15) is 0 Å². The average Bonchev–Trinajstić information content (AvgIpc) is 2.54. The first kappa shape index (κ1) is 16.5. The van der Waals surface area contributed by atoms with Gasteiger partial charge in [-0.05, 0) is 43.7 Å². The molecule has 2 heterocycles. The number of amides is 2. The molecule has 0 spiro atoms. The highest BCUT2D eigenvalue weighted by Gasteiger charge is 2.29. The van der Waals surface area contributed by atoms with E-state index in [1.54, 1.807) is 28.1 Å². The van der Waals surface area contributed by atoms with Gasteiger partial charge in [-0.3, -0.25) is 14.6 Å². The van der Waals surface area contributed by atoms with E-state index in [1.165, 1.54) is 0 Å². The minimum absolute atomic E-state index is 0.0542. The second-order valence-electron chi connectivity index (χ2n) is 5.89. The second-order valence-corrected chi connectivity index (χ2v) is 6.33. The number of anilines is 1. The molecule has 6 heteroatoms. The lowest BCUT2D eigenvalue weighted by Gasteiger charge is -2.34. The van der Waals surface area contributed by atoms with E-state index < -0.39 is 0 Å². The molecule has 2 aromatic rings. The van der Waals surface area contributed by atoms with Crippen LogP contribution in [0.5, 0.6) is 0 Å². The maximum Gasteiger partial charge on any atom is 0.256 e. The molecule has 1 fully saturated rings. The number of aromatic nitrogens is 1. The van der Waals surface area contributed by atoms with Crippen molar-refractivity contribution in [3.8, 4) is 0 Å². The Balaban J connectivity index is 1.75. The number of halogens is 1. The number of hydrogen-bond acceptors (Lipinski definition) is 3. The topological polar surface area (TPSA) is 53.5 Å². The van der Waals surface area contributed by atoms with Gasteiger partial charge in [0.1, 0.15) is 6.54 Å². The van der Waals surface area contributed by atoms with Crippen molar-refractivity contribution in [2.24, 2.45) is 0 Å². The molecule has 0 atom stereocenters. The minimum Gasteiger partial charge on any atom is -0.327 e. The maximum absolute atomic E-state index is 12.7. The number of pyridine rings is 1. The number of benzene rings is 1. The number of carbonyl (C=O) groups is 2. The number of aryl methyl sites for hydroxylation is 2. The quantitative estimate of drug-likeness (QED) is 0.842. The van der Waals surface area contributed by atoms with Crippen LogP contribution in [-0.4, -0.2) is 41.3 Å². The summed E-state index contributed by atoms with van der Waals surface area (Å²) >= 11 is 5.99. The highest BCUT2D eigenvalue weighted by Crippen LogP contribution is 2.22. The summed E-state index contributed by atoms with van der Waals surface area (Å²) in [7, 11) is 0. The summed E-state index contributed by atoms with van der Waals surface area (Å²) in [4.78, 5) is 32.6. The number of nitrogens with zero attached hydrogens (tertiary/aromatic N) is 3. The van der Waals surface area contributed by atoms with Crippen LogP contribution in [0.2, 0.25) is 5.02 Å². The van der Waals surface area contributed by atoms with Crippen molar-refractivity contribution >= 4 is 29.1 Å². The number of hydrogen-bond donors (Lipinski definition) is 0. The molecular formula is C18H18ClN3O2. The van der Waals surface area contributed by atoms with E-state index in [2.05, 4.69) is 4.98 Å². The van der Waals surface area contributed by atoms with Crippen molar-refractivity contribution in [3.63, 3.8) is 0 Å². The van der Waals surface area contributed by atoms with Gasteiger partial charge in [0.25, 0.3) is 5.91 Å². The summed E-state index contributed by atoms with van der Waals surface area (Å²) in [6.45, 7) is 4.74. The first-order valence-electron chi connectivity index (χ1n) is 7.74. The molecule has 24 heavy (non-hydrogen) atoms. The van der Waals surface area contributed by atoms with Gasteiger partial charge in [-0.1, -0.05) is 17.7 Å². The molecule has 3 rings (SSSR count). The molecule has 1 saturated heterocycles. The predicted molar refractivity (Wildman–Crippen MR) is 93.4 cm³/mol. The third kappa shape index (κ3) is 3.26. The van der Waals surface area contributed by atoms with Crippen LogP contribution in [0, 0.1) is 13.8 Å². The molecule has 0 aliphatic carbocycles. The molecule has 0 saturated carbocycles. The van der Waals surface area contributed by atoms with Gasteiger partial charge >= 0.3 is 0 Å². The zero-order chi connectivity index (χ0) is 17.3. The van der Waals surface area contributed by atoms with Gasteiger partial charge in [0.15, 0.2) is 0 Å². The van der Waals surface area contributed by atoms with Crippen molar-refractivity contribution in [1.82, 2.24) is 9.88 Å². The smallest absolute Gasteiger partial charge is 0.256 e. The molecular weight excluding hydrogens is 326 g/mol. The van der Waals surface area contributed by atoms with E-state index in [0.717, 1.165) is 16.9 Å². The molecule has 1 aromatic carbocycles. The molecule has 0 bridgehead atoms. The molecule has 1 aromatic heterocycles. The normalized spacial score (nSPS) is 14.9. The van der Waals surface area contributed by atoms with E-state index in [0.29, 0.717) is 23.7 Å². The molecule has 0 radical (unpaired) electrons. The van der Waals surface area contributed by atoms with Crippen LogP contribution in [0.3, 0.4) is 0 Å². The fourth-order valence-corrected chi connectivity index (χ4v) is 3.04. The van der Waals surface area contributed by atoms with Gasteiger partial charge in [0.05, 0.1) is 5.56 Å². The van der Waals surface area contributed by atoms with E-state index in [4.69, 9.17) is 11.6 Å². The third-order valence-electron chi connectivity index (χ3n) is 4.11. The molecule has 1 aliphatic heterocycles. The summed E-state index contributed by atoms with van der Waals surface area (Å²) in [5.74, 6) is -0.270. The van der Waals surface area contributed by atoms with Crippen LogP contribution in [0.4, 0.5) is 5.69 Å². The van der Waals surface area contributed by atoms with Crippen LogP contribution in [0.1, 0.15) is 21.6 Å².